The number of hydrogen-bond donors (Lipinski definition) is 3. The minimum atomic E-state index is -1.13. The van der Waals surface area contributed by atoms with Crippen molar-refractivity contribution in [3.63, 3.8) is 0 Å². The van der Waals surface area contributed by atoms with E-state index in [-0.39, 0.29) is 60.4 Å². The molecule has 3 N–H and O–H groups in total. The summed E-state index contributed by atoms with van der Waals surface area (Å²) in [5.41, 5.74) is 0.843. The lowest BCUT2D eigenvalue weighted by Crippen LogP contribution is -2.54. The normalized spacial score (nSPS) is 16.7. The van der Waals surface area contributed by atoms with E-state index in [0.717, 1.165) is 10.5 Å². The van der Waals surface area contributed by atoms with E-state index in [1.165, 1.54) is 44.7 Å². The van der Waals surface area contributed by atoms with Gasteiger partial charge >= 0.3 is 12.1 Å². The summed E-state index contributed by atoms with van der Waals surface area (Å²) in [5.74, 6) is -3.62. The molecule has 1 fully saturated rings. The Morgan fingerprint density at radius 3 is 2.55 bits per heavy atom. The number of ether oxygens (including phenoxy) is 1. The molecule has 13 nitrogen and oxygen atoms in total. The highest BCUT2D eigenvalue weighted by molar-refractivity contribution is 8.76. The van der Waals surface area contributed by atoms with Crippen molar-refractivity contribution in [2.24, 2.45) is 0 Å². The smallest absolute Gasteiger partial charge is 0.411 e. The van der Waals surface area contributed by atoms with Crippen LogP contribution in [0.15, 0.2) is 48.5 Å². The second kappa shape index (κ2) is 14.9. The van der Waals surface area contributed by atoms with Gasteiger partial charge in [0.1, 0.15) is 19.2 Å². The average Bonchev–Trinajstić information content (AvgIpc) is 3.24. The number of imide groups is 2. The van der Waals surface area contributed by atoms with E-state index >= 15 is 0 Å². The molecule has 44 heavy (non-hydrogen) atoms. The van der Waals surface area contributed by atoms with Crippen LogP contribution in [0.25, 0.3) is 0 Å². The molecule has 0 aromatic heterocycles. The predicted molar refractivity (Wildman–Crippen MR) is 162 cm³/mol. The summed E-state index contributed by atoms with van der Waals surface area (Å²) in [5, 5.41) is 13.6. The van der Waals surface area contributed by atoms with Gasteiger partial charge in [0, 0.05) is 30.4 Å². The van der Waals surface area contributed by atoms with Gasteiger partial charge in [-0.15, -0.1) is 0 Å². The highest BCUT2D eigenvalue weighted by atomic mass is 33.1. The van der Waals surface area contributed by atoms with Crippen LogP contribution in [0.5, 0.6) is 0 Å². The highest BCUT2D eigenvalue weighted by Gasteiger charge is 2.45. The number of nitrogens with one attached hydrogen (secondary N) is 2. The molecule has 2 aliphatic heterocycles. The summed E-state index contributed by atoms with van der Waals surface area (Å²) in [6.45, 7) is 1.62. The average molecular weight is 643 g/mol. The van der Waals surface area contributed by atoms with Crippen LogP contribution in [0, 0.1) is 0 Å². The van der Waals surface area contributed by atoms with Crippen molar-refractivity contribution in [1.29, 1.82) is 0 Å². The van der Waals surface area contributed by atoms with Crippen LogP contribution in [0.3, 0.4) is 0 Å². The summed E-state index contributed by atoms with van der Waals surface area (Å²) in [4.78, 5) is 88.5. The molecule has 2 aromatic rings. The molecule has 2 aliphatic rings. The number of anilines is 1. The van der Waals surface area contributed by atoms with Crippen molar-refractivity contribution in [2.75, 3.05) is 24.2 Å². The number of carbonyl (C=O) groups is 7. The zero-order valence-corrected chi connectivity index (χ0v) is 25.3. The Balaban J connectivity index is 1.23. The van der Waals surface area contributed by atoms with Crippen molar-refractivity contribution in [1.82, 2.24) is 15.1 Å². The van der Waals surface area contributed by atoms with Crippen LogP contribution in [-0.2, 0) is 30.5 Å². The predicted octanol–water partition coefficient (Wildman–Crippen LogP) is 2.91. The Kier molecular flexibility index (Phi) is 11.0. The lowest BCUT2D eigenvalue weighted by molar-refractivity contribution is -0.144. The molecule has 6 amide bonds. The number of carbonyl (C=O) groups excluding carboxylic acids is 6. The molecule has 4 rings (SSSR count). The molecule has 1 saturated heterocycles. The molecule has 0 bridgehead atoms. The van der Waals surface area contributed by atoms with E-state index < -0.39 is 48.3 Å². The standard InChI is InChI=1S/C29H30N4O9S2/c1-17(44-43-13-12-23(35)32(15-24(36)37)14-18-6-3-2-4-7-18)16-42-29(41)30-20-9-5-8-19-25(20)28(40)33(27(19)39)21-10-11-22(34)31-26(21)38/h2-9,17,21H,10-16H2,1H3,(H,30,41)(H,36,37)(H,31,34,38). The van der Waals surface area contributed by atoms with Gasteiger partial charge in [-0.1, -0.05) is 58.0 Å². The van der Waals surface area contributed by atoms with Crippen molar-refractivity contribution in [3.8, 4) is 0 Å². The van der Waals surface area contributed by atoms with Crippen molar-refractivity contribution >= 4 is 68.9 Å². The second-order valence-corrected chi connectivity index (χ2v) is 12.9. The lowest BCUT2D eigenvalue weighted by atomic mass is 10.0. The number of hydrogen-bond acceptors (Lipinski definition) is 10. The van der Waals surface area contributed by atoms with Crippen LogP contribution in [0.4, 0.5) is 10.5 Å². The summed E-state index contributed by atoms with van der Waals surface area (Å²) in [6, 6.07) is 12.3. The summed E-state index contributed by atoms with van der Waals surface area (Å²) in [6.07, 6.45) is -0.718. The fraction of sp³-hybridized carbons (Fsp3) is 0.345. The Bertz CT molecular complexity index is 1470. The Labute approximate surface area is 260 Å². The van der Waals surface area contributed by atoms with Crippen LogP contribution < -0.4 is 10.6 Å². The number of nitrogens with zero attached hydrogens (tertiary/aromatic N) is 2. The van der Waals surface area contributed by atoms with E-state index in [9.17, 15) is 38.7 Å². The Hall–Kier alpha value is -4.37. The van der Waals surface area contributed by atoms with E-state index in [1.54, 1.807) is 0 Å². The Morgan fingerprint density at radius 1 is 1.09 bits per heavy atom. The molecule has 0 radical (unpaired) electrons. The first-order valence-electron chi connectivity index (χ1n) is 13.6. The molecule has 2 atom stereocenters. The number of amides is 6. The molecule has 15 heteroatoms. The van der Waals surface area contributed by atoms with Crippen LogP contribution in [0.1, 0.15) is 52.5 Å². The quantitative estimate of drug-likeness (QED) is 0.166. The van der Waals surface area contributed by atoms with Crippen LogP contribution in [0.2, 0.25) is 0 Å². The van der Waals surface area contributed by atoms with Gasteiger partial charge in [0.05, 0.1) is 16.8 Å². The van der Waals surface area contributed by atoms with E-state index in [1.807, 2.05) is 37.3 Å². The molecule has 2 unspecified atom stereocenters. The SMILES string of the molecule is CC(COC(=O)Nc1cccc2c1C(=O)N(C1CCC(=O)NC1=O)C2=O)SSCCC(=O)N(CC(=O)O)Cc1ccccc1. The fourth-order valence-corrected chi connectivity index (χ4v) is 6.75. The molecule has 0 saturated carbocycles. The molecule has 232 valence electrons. The lowest BCUT2D eigenvalue weighted by Gasteiger charge is -2.27. The number of carboxylic acid groups (broad SMARTS) is 1. The summed E-state index contributed by atoms with van der Waals surface area (Å²) < 4.78 is 5.29. The van der Waals surface area contributed by atoms with Gasteiger partial charge in [0.15, 0.2) is 0 Å². The third-order valence-electron chi connectivity index (χ3n) is 6.68. The number of fused-ring (bicyclic) bond motifs is 1. The van der Waals surface area contributed by atoms with E-state index in [2.05, 4.69) is 10.6 Å². The zero-order chi connectivity index (χ0) is 31.8. The van der Waals surface area contributed by atoms with Crippen molar-refractivity contribution in [3.05, 3.63) is 65.2 Å². The monoisotopic (exact) mass is 642 g/mol. The van der Waals surface area contributed by atoms with Gasteiger partial charge in [0.25, 0.3) is 11.8 Å². The number of piperidine rings is 1. The number of carboxylic acids is 1. The van der Waals surface area contributed by atoms with Gasteiger partial charge in [-0.05, 0) is 31.0 Å². The maximum absolute atomic E-state index is 13.2. The number of rotatable bonds is 13. The first-order valence-corrected chi connectivity index (χ1v) is 16.0. The van der Waals surface area contributed by atoms with Crippen LogP contribution in [-0.4, -0.2) is 86.7 Å². The van der Waals surface area contributed by atoms with E-state index in [0.29, 0.717) is 5.75 Å². The van der Waals surface area contributed by atoms with Crippen molar-refractivity contribution in [2.45, 2.75) is 44.0 Å². The van der Waals surface area contributed by atoms with Gasteiger partial charge in [-0.2, -0.15) is 0 Å². The molecule has 0 aliphatic carbocycles. The fourth-order valence-electron chi connectivity index (χ4n) is 4.64. The highest BCUT2D eigenvalue weighted by Crippen LogP contribution is 2.33. The second-order valence-electron chi connectivity index (χ2n) is 10.0. The maximum Gasteiger partial charge on any atom is 0.411 e. The minimum absolute atomic E-state index is 0.000886. The van der Waals surface area contributed by atoms with Gasteiger partial charge in [-0.25, -0.2) is 4.79 Å². The topological polar surface area (TPSA) is 179 Å². The largest absolute Gasteiger partial charge is 0.480 e. The molecular weight excluding hydrogens is 612 g/mol. The van der Waals surface area contributed by atoms with Crippen molar-refractivity contribution < 1.29 is 43.4 Å². The first-order chi connectivity index (χ1) is 21.0. The van der Waals surface area contributed by atoms with Gasteiger partial charge in [-0.3, -0.25) is 44.3 Å². The first kappa shape index (κ1) is 32.5. The zero-order valence-electron chi connectivity index (χ0n) is 23.6. The molecular formula is C29H30N4O9S2. The third-order valence-corrected chi connectivity index (χ3v) is 9.55. The van der Waals surface area contributed by atoms with Gasteiger partial charge < -0.3 is 14.7 Å². The summed E-state index contributed by atoms with van der Waals surface area (Å²) >= 11 is 0. The third kappa shape index (κ3) is 8.17. The molecule has 2 aromatic carbocycles. The summed E-state index contributed by atoms with van der Waals surface area (Å²) in [7, 11) is 2.78. The Morgan fingerprint density at radius 2 is 1.84 bits per heavy atom. The van der Waals surface area contributed by atoms with Gasteiger partial charge in [0.2, 0.25) is 17.7 Å². The van der Waals surface area contributed by atoms with E-state index in [4.69, 9.17) is 4.74 Å². The maximum atomic E-state index is 13.2. The molecule has 0 spiro atoms. The number of aliphatic carboxylic acids is 1. The number of benzene rings is 2. The minimum Gasteiger partial charge on any atom is -0.480 e. The van der Waals surface area contributed by atoms with Crippen LogP contribution >= 0.6 is 21.6 Å². The molecule has 2 heterocycles.